The number of carbonyl (C=O) groups is 1. The van der Waals surface area contributed by atoms with Crippen LogP contribution in [-0.4, -0.2) is 19.0 Å². The zero-order chi connectivity index (χ0) is 11.1. The Morgan fingerprint density at radius 3 is 2.53 bits per heavy atom. The highest BCUT2D eigenvalue weighted by molar-refractivity contribution is 5.82. The topological polar surface area (TPSA) is 26.3 Å². The van der Waals surface area contributed by atoms with E-state index in [1.807, 2.05) is 38.1 Å². The molecule has 0 fully saturated rings. The summed E-state index contributed by atoms with van der Waals surface area (Å²) in [5.41, 5.74) is 2.28. The van der Waals surface area contributed by atoms with E-state index >= 15 is 0 Å². The molecular weight excluding hydrogens is 188 g/mol. The maximum Gasteiger partial charge on any atom is 0.162 e. The second kappa shape index (κ2) is 6.36. The molecule has 0 saturated carbocycles. The van der Waals surface area contributed by atoms with Crippen LogP contribution in [-0.2, 0) is 16.0 Å². The summed E-state index contributed by atoms with van der Waals surface area (Å²) in [6.07, 6.45) is 1.43. The lowest BCUT2D eigenvalue weighted by Gasteiger charge is -2.02. The first-order valence-electron chi connectivity index (χ1n) is 5.37. The summed E-state index contributed by atoms with van der Waals surface area (Å²) in [6, 6.07) is 8.03. The second-order valence-corrected chi connectivity index (χ2v) is 3.75. The van der Waals surface area contributed by atoms with Crippen LogP contribution in [0, 0.1) is 6.92 Å². The van der Waals surface area contributed by atoms with E-state index < -0.39 is 0 Å². The van der Waals surface area contributed by atoms with Crippen LogP contribution in [0.3, 0.4) is 0 Å². The fraction of sp³-hybridized carbons (Fsp3) is 0.462. The highest BCUT2D eigenvalue weighted by Crippen LogP contribution is 2.04. The van der Waals surface area contributed by atoms with Crippen molar-refractivity contribution in [2.75, 3.05) is 13.2 Å². The SMILES string of the molecule is CCCOCC(=O)Cc1ccc(C)cc1. The maximum absolute atomic E-state index is 11.4. The van der Waals surface area contributed by atoms with Crippen molar-refractivity contribution in [1.82, 2.24) is 0 Å². The average molecular weight is 206 g/mol. The van der Waals surface area contributed by atoms with Crippen LogP contribution in [0.25, 0.3) is 0 Å². The fourth-order valence-corrected chi connectivity index (χ4v) is 1.31. The van der Waals surface area contributed by atoms with Crippen molar-refractivity contribution >= 4 is 5.78 Å². The molecule has 2 heteroatoms. The monoisotopic (exact) mass is 206 g/mol. The molecule has 0 aliphatic carbocycles. The highest BCUT2D eigenvalue weighted by atomic mass is 16.5. The van der Waals surface area contributed by atoms with Crippen LogP contribution in [0.2, 0.25) is 0 Å². The largest absolute Gasteiger partial charge is 0.374 e. The predicted octanol–water partition coefficient (Wildman–Crippen LogP) is 2.53. The molecule has 0 unspecified atom stereocenters. The Labute approximate surface area is 91.3 Å². The highest BCUT2D eigenvalue weighted by Gasteiger charge is 2.03. The molecule has 0 radical (unpaired) electrons. The maximum atomic E-state index is 11.4. The number of carbonyl (C=O) groups excluding carboxylic acids is 1. The number of aryl methyl sites for hydroxylation is 1. The van der Waals surface area contributed by atoms with Crippen LogP contribution in [0.1, 0.15) is 24.5 Å². The molecule has 0 spiro atoms. The zero-order valence-corrected chi connectivity index (χ0v) is 9.45. The number of hydrogen-bond donors (Lipinski definition) is 0. The first-order valence-corrected chi connectivity index (χ1v) is 5.37. The number of ketones is 1. The van der Waals surface area contributed by atoms with Crippen molar-refractivity contribution in [2.45, 2.75) is 26.7 Å². The van der Waals surface area contributed by atoms with Gasteiger partial charge in [-0.05, 0) is 18.9 Å². The molecular formula is C13H18O2. The first kappa shape index (κ1) is 11.9. The summed E-state index contributed by atoms with van der Waals surface area (Å²) in [6.45, 7) is 4.97. The minimum absolute atomic E-state index is 0.146. The quantitative estimate of drug-likeness (QED) is 0.668. The Morgan fingerprint density at radius 1 is 1.27 bits per heavy atom. The molecule has 0 heterocycles. The fourth-order valence-electron chi connectivity index (χ4n) is 1.31. The van der Waals surface area contributed by atoms with Gasteiger partial charge in [-0.1, -0.05) is 36.8 Å². The van der Waals surface area contributed by atoms with Gasteiger partial charge in [0, 0.05) is 13.0 Å². The number of ether oxygens (including phenoxy) is 1. The average Bonchev–Trinajstić information content (AvgIpc) is 2.22. The van der Waals surface area contributed by atoms with E-state index in [1.165, 1.54) is 5.56 Å². The van der Waals surface area contributed by atoms with Crippen molar-refractivity contribution < 1.29 is 9.53 Å². The minimum atomic E-state index is 0.146. The molecule has 0 aliphatic rings. The van der Waals surface area contributed by atoms with Gasteiger partial charge < -0.3 is 4.74 Å². The molecule has 0 N–H and O–H groups in total. The van der Waals surface area contributed by atoms with Crippen molar-refractivity contribution in [3.05, 3.63) is 35.4 Å². The van der Waals surface area contributed by atoms with Crippen LogP contribution < -0.4 is 0 Å². The molecule has 0 amide bonds. The van der Waals surface area contributed by atoms with Crippen molar-refractivity contribution in [3.63, 3.8) is 0 Å². The summed E-state index contributed by atoms with van der Waals surface area (Å²) >= 11 is 0. The standard InChI is InChI=1S/C13H18O2/c1-3-8-15-10-13(14)9-12-6-4-11(2)5-7-12/h4-7H,3,8-10H2,1-2H3. The van der Waals surface area contributed by atoms with Gasteiger partial charge in [-0.25, -0.2) is 0 Å². The van der Waals surface area contributed by atoms with Crippen LogP contribution in [0.4, 0.5) is 0 Å². The van der Waals surface area contributed by atoms with E-state index in [0.717, 1.165) is 12.0 Å². The minimum Gasteiger partial charge on any atom is -0.374 e. The lowest BCUT2D eigenvalue weighted by Crippen LogP contribution is -2.11. The summed E-state index contributed by atoms with van der Waals surface area (Å²) in [7, 11) is 0. The van der Waals surface area contributed by atoms with Crippen molar-refractivity contribution in [2.24, 2.45) is 0 Å². The second-order valence-electron chi connectivity index (χ2n) is 3.75. The normalized spacial score (nSPS) is 10.3. The van der Waals surface area contributed by atoms with E-state index in [2.05, 4.69) is 0 Å². The Balaban J connectivity index is 2.34. The van der Waals surface area contributed by atoms with E-state index in [0.29, 0.717) is 13.0 Å². The van der Waals surface area contributed by atoms with Gasteiger partial charge in [0.2, 0.25) is 0 Å². The van der Waals surface area contributed by atoms with E-state index in [4.69, 9.17) is 4.74 Å². The summed E-state index contributed by atoms with van der Waals surface area (Å²) in [5, 5.41) is 0. The van der Waals surface area contributed by atoms with Gasteiger partial charge in [-0.15, -0.1) is 0 Å². The summed E-state index contributed by atoms with van der Waals surface area (Å²) in [5.74, 6) is 0.146. The van der Waals surface area contributed by atoms with Gasteiger partial charge in [0.15, 0.2) is 5.78 Å². The smallest absolute Gasteiger partial charge is 0.162 e. The molecule has 15 heavy (non-hydrogen) atoms. The van der Waals surface area contributed by atoms with Gasteiger partial charge in [0.1, 0.15) is 6.61 Å². The van der Waals surface area contributed by atoms with Crippen LogP contribution in [0.5, 0.6) is 0 Å². The molecule has 0 atom stereocenters. The molecule has 1 rings (SSSR count). The van der Waals surface area contributed by atoms with E-state index in [9.17, 15) is 4.79 Å². The lowest BCUT2D eigenvalue weighted by atomic mass is 10.1. The number of rotatable bonds is 6. The molecule has 2 nitrogen and oxygen atoms in total. The van der Waals surface area contributed by atoms with Gasteiger partial charge in [0.25, 0.3) is 0 Å². The first-order chi connectivity index (χ1) is 7.22. The molecule has 0 aromatic heterocycles. The Kier molecular flexibility index (Phi) is 5.05. The molecule has 1 aromatic carbocycles. The van der Waals surface area contributed by atoms with Gasteiger partial charge in [0.05, 0.1) is 0 Å². The molecule has 0 saturated heterocycles. The van der Waals surface area contributed by atoms with E-state index in [-0.39, 0.29) is 12.4 Å². The number of hydrogen-bond acceptors (Lipinski definition) is 2. The summed E-state index contributed by atoms with van der Waals surface area (Å²) in [4.78, 5) is 11.4. The third-order valence-electron chi connectivity index (χ3n) is 2.13. The third kappa shape index (κ3) is 4.75. The Hall–Kier alpha value is -1.15. The zero-order valence-electron chi connectivity index (χ0n) is 9.45. The summed E-state index contributed by atoms with van der Waals surface area (Å²) < 4.78 is 5.19. The van der Waals surface area contributed by atoms with Crippen molar-refractivity contribution in [1.29, 1.82) is 0 Å². The predicted molar refractivity (Wildman–Crippen MR) is 61.0 cm³/mol. The number of benzene rings is 1. The van der Waals surface area contributed by atoms with Crippen molar-refractivity contribution in [3.8, 4) is 0 Å². The molecule has 82 valence electrons. The van der Waals surface area contributed by atoms with Crippen LogP contribution >= 0.6 is 0 Å². The molecule has 0 bridgehead atoms. The third-order valence-corrected chi connectivity index (χ3v) is 2.13. The lowest BCUT2D eigenvalue weighted by molar-refractivity contribution is -0.122. The Morgan fingerprint density at radius 2 is 1.93 bits per heavy atom. The molecule has 0 aliphatic heterocycles. The van der Waals surface area contributed by atoms with Gasteiger partial charge in [-0.2, -0.15) is 0 Å². The van der Waals surface area contributed by atoms with Gasteiger partial charge >= 0.3 is 0 Å². The van der Waals surface area contributed by atoms with Crippen LogP contribution in [0.15, 0.2) is 24.3 Å². The Bertz CT molecular complexity index is 301. The number of Topliss-reactive ketones (excluding diaryl/α,β-unsaturated/α-hetero) is 1. The molecule has 1 aromatic rings. The van der Waals surface area contributed by atoms with Gasteiger partial charge in [-0.3, -0.25) is 4.79 Å². The van der Waals surface area contributed by atoms with E-state index in [1.54, 1.807) is 0 Å².